The molecule has 1 saturated carbocycles. The molecule has 0 radical (unpaired) electrons. The Morgan fingerprint density at radius 2 is 2.20 bits per heavy atom. The van der Waals surface area contributed by atoms with Gasteiger partial charge in [0.05, 0.1) is 7.11 Å². The van der Waals surface area contributed by atoms with Gasteiger partial charge >= 0.3 is 0 Å². The molecule has 0 bridgehead atoms. The van der Waals surface area contributed by atoms with Crippen LogP contribution in [0.25, 0.3) is 0 Å². The molecular weight excluding hydrogens is 254 g/mol. The molecule has 1 unspecified atom stereocenters. The second kappa shape index (κ2) is 5.40. The Morgan fingerprint density at radius 3 is 3.00 bits per heavy atom. The van der Waals surface area contributed by atoms with Gasteiger partial charge in [0, 0.05) is 25.3 Å². The van der Waals surface area contributed by atoms with Gasteiger partial charge in [0.25, 0.3) is 5.91 Å². The third-order valence-corrected chi connectivity index (χ3v) is 4.57. The number of aromatic nitrogens is 1. The highest BCUT2D eigenvalue weighted by molar-refractivity contribution is 5.96. The summed E-state index contributed by atoms with van der Waals surface area (Å²) in [6, 6.07) is 3.86. The Kier molecular flexibility index (Phi) is 3.61. The normalized spacial score (nSPS) is 29.1. The lowest BCUT2D eigenvalue weighted by molar-refractivity contribution is 0.0779. The summed E-state index contributed by atoms with van der Waals surface area (Å²) < 4.78 is 5.18. The molecular formula is C15H21N3O2. The first-order chi connectivity index (χ1) is 9.69. The predicted molar refractivity (Wildman–Crippen MR) is 75.5 cm³/mol. The molecule has 0 aromatic carbocycles. The monoisotopic (exact) mass is 275 g/mol. The summed E-state index contributed by atoms with van der Waals surface area (Å²) in [6.07, 6.45) is 4.90. The van der Waals surface area contributed by atoms with Gasteiger partial charge in [-0.2, -0.15) is 0 Å². The average molecular weight is 275 g/mol. The number of methoxy groups -OCH3 is 1. The molecule has 5 nitrogen and oxygen atoms in total. The minimum Gasteiger partial charge on any atom is -0.480 e. The van der Waals surface area contributed by atoms with Crippen LogP contribution < -0.4 is 10.5 Å². The fourth-order valence-corrected chi connectivity index (χ4v) is 3.52. The smallest absolute Gasteiger partial charge is 0.259 e. The largest absolute Gasteiger partial charge is 0.480 e. The first-order valence-corrected chi connectivity index (χ1v) is 7.23. The summed E-state index contributed by atoms with van der Waals surface area (Å²) in [4.78, 5) is 18.7. The van der Waals surface area contributed by atoms with Crippen LogP contribution in [0.15, 0.2) is 18.3 Å². The molecule has 3 atom stereocenters. The van der Waals surface area contributed by atoms with E-state index in [1.54, 1.807) is 25.4 Å². The van der Waals surface area contributed by atoms with Crippen LogP contribution in [0.4, 0.5) is 0 Å². The van der Waals surface area contributed by atoms with Crippen LogP contribution in [0.2, 0.25) is 0 Å². The average Bonchev–Trinajstić information content (AvgIpc) is 2.89. The Bertz CT molecular complexity index is 506. The number of ether oxygens (including phenoxy) is 1. The zero-order valence-corrected chi connectivity index (χ0v) is 11.8. The minimum atomic E-state index is 0.0259. The Balaban J connectivity index is 1.75. The predicted octanol–water partition coefficient (Wildman–Crippen LogP) is 1.29. The van der Waals surface area contributed by atoms with Crippen molar-refractivity contribution in [2.45, 2.75) is 25.3 Å². The van der Waals surface area contributed by atoms with Crippen molar-refractivity contribution in [2.24, 2.45) is 17.6 Å². The molecule has 2 aliphatic rings. The molecule has 1 saturated heterocycles. The van der Waals surface area contributed by atoms with Crippen molar-refractivity contribution in [1.29, 1.82) is 0 Å². The van der Waals surface area contributed by atoms with E-state index in [2.05, 4.69) is 4.98 Å². The maximum absolute atomic E-state index is 12.6. The van der Waals surface area contributed by atoms with Gasteiger partial charge in [0.15, 0.2) is 0 Å². The Morgan fingerprint density at radius 1 is 1.40 bits per heavy atom. The fourth-order valence-electron chi connectivity index (χ4n) is 3.52. The summed E-state index contributed by atoms with van der Waals surface area (Å²) in [7, 11) is 1.54. The minimum absolute atomic E-state index is 0.0259. The summed E-state index contributed by atoms with van der Waals surface area (Å²) in [5.74, 6) is 1.61. The molecule has 2 N–H and O–H groups in total. The first-order valence-electron chi connectivity index (χ1n) is 7.23. The number of fused-ring (bicyclic) bond motifs is 1. The third-order valence-electron chi connectivity index (χ3n) is 4.57. The number of nitrogens with zero attached hydrogens (tertiary/aromatic N) is 2. The van der Waals surface area contributed by atoms with E-state index >= 15 is 0 Å². The van der Waals surface area contributed by atoms with Crippen molar-refractivity contribution in [3.63, 3.8) is 0 Å². The highest BCUT2D eigenvalue weighted by atomic mass is 16.5. The van der Waals surface area contributed by atoms with E-state index in [1.807, 2.05) is 4.90 Å². The Labute approximate surface area is 119 Å². The number of nitrogens with two attached hydrogens (primary N) is 1. The second-order valence-electron chi connectivity index (χ2n) is 5.86. The molecule has 108 valence electrons. The number of amides is 1. The number of carbonyl (C=O) groups is 1. The van der Waals surface area contributed by atoms with Gasteiger partial charge < -0.3 is 15.4 Å². The second-order valence-corrected chi connectivity index (χ2v) is 5.86. The zero-order chi connectivity index (χ0) is 14.1. The van der Waals surface area contributed by atoms with Crippen LogP contribution in [-0.4, -0.2) is 42.0 Å². The van der Waals surface area contributed by atoms with E-state index in [0.29, 0.717) is 29.3 Å². The molecule has 2 heterocycles. The summed E-state index contributed by atoms with van der Waals surface area (Å²) in [5, 5.41) is 0. The van der Waals surface area contributed by atoms with Gasteiger partial charge in [-0.1, -0.05) is 0 Å². The van der Waals surface area contributed by atoms with E-state index in [9.17, 15) is 4.79 Å². The topological polar surface area (TPSA) is 68.5 Å². The lowest BCUT2D eigenvalue weighted by atomic mass is 9.79. The highest BCUT2D eigenvalue weighted by Gasteiger charge is 2.39. The van der Waals surface area contributed by atoms with Gasteiger partial charge in [-0.15, -0.1) is 0 Å². The molecule has 1 aromatic rings. The number of rotatable bonds is 2. The van der Waals surface area contributed by atoms with E-state index in [0.717, 1.165) is 32.4 Å². The van der Waals surface area contributed by atoms with Crippen LogP contribution in [0.5, 0.6) is 5.88 Å². The summed E-state index contributed by atoms with van der Waals surface area (Å²) >= 11 is 0. The maximum atomic E-state index is 12.6. The van der Waals surface area contributed by atoms with Crippen LogP contribution in [0, 0.1) is 11.8 Å². The molecule has 2 fully saturated rings. The Hall–Kier alpha value is -1.62. The molecule has 1 amide bonds. The fraction of sp³-hybridized carbons (Fsp3) is 0.600. The van der Waals surface area contributed by atoms with Crippen molar-refractivity contribution in [2.75, 3.05) is 20.2 Å². The molecule has 1 aliphatic carbocycles. The molecule has 3 rings (SSSR count). The maximum Gasteiger partial charge on any atom is 0.259 e. The lowest BCUT2D eigenvalue weighted by Gasteiger charge is -2.27. The van der Waals surface area contributed by atoms with Gasteiger partial charge in [-0.25, -0.2) is 4.98 Å². The van der Waals surface area contributed by atoms with Crippen LogP contribution in [0.1, 0.15) is 29.6 Å². The number of hydrogen-bond acceptors (Lipinski definition) is 4. The number of carbonyl (C=O) groups excluding carboxylic acids is 1. The van der Waals surface area contributed by atoms with Gasteiger partial charge in [0.2, 0.25) is 5.88 Å². The SMILES string of the molecule is COc1ncccc1C(=O)N1C[C@H]2CCC(N)C[C@H]2C1. The number of pyridine rings is 1. The van der Waals surface area contributed by atoms with Crippen molar-refractivity contribution in [3.05, 3.63) is 23.9 Å². The van der Waals surface area contributed by atoms with E-state index in [1.165, 1.54) is 0 Å². The van der Waals surface area contributed by atoms with Gasteiger partial charge in [0.1, 0.15) is 5.56 Å². The number of hydrogen-bond donors (Lipinski definition) is 1. The molecule has 0 spiro atoms. The molecule has 1 aromatic heterocycles. The first kappa shape index (κ1) is 13.4. The van der Waals surface area contributed by atoms with Crippen LogP contribution in [-0.2, 0) is 0 Å². The third kappa shape index (κ3) is 2.38. The summed E-state index contributed by atoms with van der Waals surface area (Å²) in [6.45, 7) is 1.66. The van der Waals surface area contributed by atoms with Crippen molar-refractivity contribution >= 4 is 5.91 Å². The molecule has 1 aliphatic heterocycles. The standard InChI is InChI=1S/C15H21N3O2/c1-20-14-13(3-2-6-17-14)15(19)18-8-10-4-5-12(16)7-11(10)9-18/h2-3,6,10-12H,4-5,7-9,16H2,1H3/t10-,11+,12?/m1/s1. The van der Waals surface area contributed by atoms with Crippen molar-refractivity contribution < 1.29 is 9.53 Å². The van der Waals surface area contributed by atoms with Crippen LogP contribution >= 0.6 is 0 Å². The molecule has 5 heteroatoms. The van der Waals surface area contributed by atoms with Crippen molar-refractivity contribution in [1.82, 2.24) is 9.88 Å². The van der Waals surface area contributed by atoms with E-state index in [-0.39, 0.29) is 5.91 Å². The van der Waals surface area contributed by atoms with Gasteiger partial charge in [-0.3, -0.25) is 4.79 Å². The van der Waals surface area contributed by atoms with Gasteiger partial charge in [-0.05, 0) is 43.2 Å². The number of likely N-dealkylation sites (tertiary alicyclic amines) is 1. The summed E-state index contributed by atoms with van der Waals surface area (Å²) in [5.41, 5.74) is 6.59. The van der Waals surface area contributed by atoms with Crippen molar-refractivity contribution in [3.8, 4) is 5.88 Å². The van der Waals surface area contributed by atoms with Crippen LogP contribution in [0.3, 0.4) is 0 Å². The highest BCUT2D eigenvalue weighted by Crippen LogP contribution is 2.36. The molecule has 20 heavy (non-hydrogen) atoms. The van der Waals surface area contributed by atoms with E-state index in [4.69, 9.17) is 10.5 Å². The van der Waals surface area contributed by atoms with E-state index < -0.39 is 0 Å². The zero-order valence-electron chi connectivity index (χ0n) is 11.8. The quantitative estimate of drug-likeness (QED) is 0.883. The lowest BCUT2D eigenvalue weighted by Crippen LogP contribution is -2.32.